The maximum atomic E-state index is 12.4. The van der Waals surface area contributed by atoms with Crippen LogP contribution in [0.3, 0.4) is 0 Å². The van der Waals surface area contributed by atoms with Crippen LogP contribution in [0.2, 0.25) is 0 Å². The van der Waals surface area contributed by atoms with Crippen molar-refractivity contribution >= 4 is 35.2 Å². The number of likely N-dealkylation sites (tertiary alicyclic amines) is 1. The van der Waals surface area contributed by atoms with Gasteiger partial charge < -0.3 is 15.0 Å². The molecule has 1 aromatic rings. The third-order valence-corrected chi connectivity index (χ3v) is 4.46. The number of hydrogen-bond acceptors (Lipinski definition) is 6. The van der Waals surface area contributed by atoms with Crippen LogP contribution < -0.4 is 10.6 Å². The van der Waals surface area contributed by atoms with Crippen molar-refractivity contribution in [3.05, 3.63) is 22.4 Å². The molecule has 0 aliphatic carbocycles. The van der Waals surface area contributed by atoms with E-state index >= 15 is 0 Å². The molecule has 9 heteroatoms. The van der Waals surface area contributed by atoms with Crippen LogP contribution in [0, 0.1) is 0 Å². The molecule has 1 aliphatic rings. The summed E-state index contributed by atoms with van der Waals surface area (Å²) >= 11 is 1.31. The largest absolute Gasteiger partial charge is 0.454 e. The highest BCUT2D eigenvalue weighted by Crippen LogP contribution is 2.23. The lowest BCUT2D eigenvalue weighted by atomic mass is 10.1. The molecule has 2 rings (SSSR count). The fourth-order valence-electron chi connectivity index (χ4n) is 2.56. The first-order valence-electron chi connectivity index (χ1n) is 8.30. The van der Waals surface area contributed by atoms with Crippen molar-refractivity contribution in [2.45, 2.75) is 45.2 Å². The van der Waals surface area contributed by atoms with Crippen LogP contribution in [-0.2, 0) is 14.3 Å². The first-order valence-corrected chi connectivity index (χ1v) is 9.18. The number of carbonyl (C=O) groups excluding carboxylic acids is 4. The number of hydrogen-bond donors (Lipinski definition) is 2. The van der Waals surface area contributed by atoms with E-state index in [4.69, 9.17) is 4.74 Å². The summed E-state index contributed by atoms with van der Waals surface area (Å²) in [5.74, 6) is -1.58. The number of nitrogens with one attached hydrogen (secondary N) is 2. The molecule has 0 spiro atoms. The lowest BCUT2D eigenvalue weighted by Gasteiger charge is -2.23. The SMILES string of the molecule is CC(C)(C)NC(=O)NC(=O)COC(=O)[C@@H]1CCCN1C(=O)c1cccs1. The molecule has 142 valence electrons. The van der Waals surface area contributed by atoms with Crippen LogP contribution in [0.5, 0.6) is 0 Å². The first-order chi connectivity index (χ1) is 12.2. The van der Waals surface area contributed by atoms with Gasteiger partial charge in [-0.05, 0) is 45.1 Å². The van der Waals surface area contributed by atoms with E-state index < -0.39 is 36.1 Å². The zero-order valence-electron chi connectivity index (χ0n) is 15.0. The molecule has 0 aromatic carbocycles. The second kappa shape index (κ2) is 8.31. The molecule has 2 N–H and O–H groups in total. The Kier molecular flexibility index (Phi) is 6.36. The van der Waals surface area contributed by atoms with E-state index in [9.17, 15) is 19.2 Å². The van der Waals surface area contributed by atoms with E-state index in [2.05, 4.69) is 10.6 Å². The van der Waals surface area contributed by atoms with E-state index in [1.807, 2.05) is 0 Å². The molecule has 1 aromatic heterocycles. The smallest absolute Gasteiger partial charge is 0.329 e. The minimum absolute atomic E-state index is 0.214. The number of thiophene rings is 1. The van der Waals surface area contributed by atoms with Crippen LogP contribution in [0.15, 0.2) is 17.5 Å². The number of amides is 4. The third kappa shape index (κ3) is 5.55. The van der Waals surface area contributed by atoms with E-state index in [0.29, 0.717) is 24.3 Å². The van der Waals surface area contributed by atoms with E-state index in [0.717, 1.165) is 0 Å². The maximum absolute atomic E-state index is 12.4. The lowest BCUT2D eigenvalue weighted by molar-refractivity contribution is -0.152. The molecular formula is C17H23N3O5S. The Morgan fingerprint density at radius 1 is 1.31 bits per heavy atom. The number of imide groups is 1. The lowest BCUT2D eigenvalue weighted by Crippen LogP contribution is -2.49. The van der Waals surface area contributed by atoms with Crippen LogP contribution in [0.25, 0.3) is 0 Å². The zero-order valence-corrected chi connectivity index (χ0v) is 15.9. The Morgan fingerprint density at radius 2 is 2.04 bits per heavy atom. The van der Waals surface area contributed by atoms with Crippen molar-refractivity contribution in [1.82, 2.24) is 15.5 Å². The summed E-state index contributed by atoms with van der Waals surface area (Å²) in [6, 6.07) is 2.11. The number of carbonyl (C=O) groups is 4. The molecule has 0 radical (unpaired) electrons. The van der Waals surface area contributed by atoms with Crippen molar-refractivity contribution < 1.29 is 23.9 Å². The zero-order chi connectivity index (χ0) is 19.3. The highest BCUT2D eigenvalue weighted by Gasteiger charge is 2.36. The molecule has 0 saturated carbocycles. The normalized spacial score (nSPS) is 16.9. The quantitative estimate of drug-likeness (QED) is 0.770. The van der Waals surface area contributed by atoms with Crippen LogP contribution in [0.4, 0.5) is 4.79 Å². The molecule has 26 heavy (non-hydrogen) atoms. The van der Waals surface area contributed by atoms with Gasteiger partial charge in [0.05, 0.1) is 4.88 Å². The average molecular weight is 381 g/mol. The summed E-state index contributed by atoms with van der Waals surface area (Å²) in [5, 5.41) is 6.46. The molecule has 0 bridgehead atoms. The van der Waals surface area contributed by atoms with Gasteiger partial charge in [0.2, 0.25) is 0 Å². The molecule has 1 aliphatic heterocycles. The van der Waals surface area contributed by atoms with Crippen LogP contribution >= 0.6 is 11.3 Å². The van der Waals surface area contributed by atoms with Gasteiger partial charge in [0.25, 0.3) is 11.8 Å². The molecule has 1 atom stereocenters. The predicted octanol–water partition coefficient (Wildman–Crippen LogP) is 1.52. The summed E-state index contributed by atoms with van der Waals surface area (Å²) < 4.78 is 5.00. The predicted molar refractivity (Wildman–Crippen MR) is 95.8 cm³/mol. The number of ether oxygens (including phenoxy) is 1. The van der Waals surface area contributed by atoms with Crippen molar-refractivity contribution in [2.24, 2.45) is 0 Å². The summed E-state index contributed by atoms with van der Waals surface area (Å²) in [6.45, 7) is 5.22. The summed E-state index contributed by atoms with van der Waals surface area (Å²) in [7, 11) is 0. The topological polar surface area (TPSA) is 105 Å². The monoisotopic (exact) mass is 381 g/mol. The van der Waals surface area contributed by atoms with Gasteiger partial charge in [-0.25, -0.2) is 9.59 Å². The summed E-state index contributed by atoms with van der Waals surface area (Å²) in [4.78, 5) is 50.1. The molecule has 0 unspecified atom stereocenters. The van der Waals surface area contributed by atoms with Crippen molar-refractivity contribution in [2.75, 3.05) is 13.2 Å². The Balaban J connectivity index is 1.84. The van der Waals surface area contributed by atoms with E-state index in [1.54, 1.807) is 38.3 Å². The van der Waals surface area contributed by atoms with Crippen LogP contribution in [0.1, 0.15) is 43.3 Å². The average Bonchev–Trinajstić information content (AvgIpc) is 3.21. The van der Waals surface area contributed by atoms with Gasteiger partial charge in [-0.1, -0.05) is 6.07 Å². The molecule has 1 fully saturated rings. The fraction of sp³-hybridized carbons (Fsp3) is 0.529. The second-order valence-electron chi connectivity index (χ2n) is 6.99. The van der Waals surface area contributed by atoms with Crippen molar-refractivity contribution in [3.63, 3.8) is 0 Å². The van der Waals surface area contributed by atoms with E-state index in [-0.39, 0.29) is 5.91 Å². The van der Waals surface area contributed by atoms with Gasteiger partial charge in [0, 0.05) is 12.1 Å². The van der Waals surface area contributed by atoms with Crippen molar-refractivity contribution in [3.8, 4) is 0 Å². The second-order valence-corrected chi connectivity index (χ2v) is 7.94. The molecule has 8 nitrogen and oxygen atoms in total. The Hall–Kier alpha value is -2.42. The minimum Gasteiger partial charge on any atom is -0.454 e. The summed E-state index contributed by atoms with van der Waals surface area (Å²) in [6.07, 6.45) is 1.18. The van der Waals surface area contributed by atoms with Gasteiger partial charge in [-0.2, -0.15) is 0 Å². The van der Waals surface area contributed by atoms with Gasteiger partial charge >= 0.3 is 12.0 Å². The Bertz CT molecular complexity index is 681. The number of urea groups is 1. The van der Waals surface area contributed by atoms with Gasteiger partial charge in [0.1, 0.15) is 6.04 Å². The maximum Gasteiger partial charge on any atom is 0.329 e. The van der Waals surface area contributed by atoms with Gasteiger partial charge in [-0.15, -0.1) is 11.3 Å². The molecular weight excluding hydrogens is 358 g/mol. The molecule has 4 amide bonds. The van der Waals surface area contributed by atoms with Crippen LogP contribution in [-0.4, -0.2) is 53.4 Å². The third-order valence-electron chi connectivity index (χ3n) is 3.60. The fourth-order valence-corrected chi connectivity index (χ4v) is 3.24. The molecule has 1 saturated heterocycles. The Morgan fingerprint density at radius 3 is 2.65 bits per heavy atom. The van der Waals surface area contributed by atoms with E-state index in [1.165, 1.54) is 16.2 Å². The van der Waals surface area contributed by atoms with Gasteiger partial charge in [0.15, 0.2) is 6.61 Å². The van der Waals surface area contributed by atoms with Gasteiger partial charge in [-0.3, -0.25) is 14.9 Å². The number of nitrogens with zero attached hydrogens (tertiary/aromatic N) is 1. The highest BCUT2D eigenvalue weighted by atomic mass is 32.1. The highest BCUT2D eigenvalue weighted by molar-refractivity contribution is 7.12. The number of esters is 1. The molecule has 2 heterocycles. The first kappa shape index (κ1) is 19.9. The standard InChI is InChI=1S/C17H23N3O5S/c1-17(2,3)19-16(24)18-13(21)10-25-15(23)11-6-4-8-20(11)14(22)12-7-5-9-26-12/h5,7,9,11H,4,6,8,10H2,1-3H3,(H2,18,19,21,24)/t11-/m0/s1. The minimum atomic E-state index is -0.728. The number of rotatable bonds is 4. The Labute approximate surface area is 155 Å². The van der Waals surface area contributed by atoms with Crippen molar-refractivity contribution in [1.29, 1.82) is 0 Å². The summed E-state index contributed by atoms with van der Waals surface area (Å²) in [5.41, 5.74) is -0.493.